The summed E-state index contributed by atoms with van der Waals surface area (Å²) in [6.07, 6.45) is 2.55. The SMILES string of the molecule is CC1(C)Cc2c(cnn2-c2ccccc2)CN(C(=O)C[C@@H]2NC(=O)NC2=O)C1. The summed E-state index contributed by atoms with van der Waals surface area (Å²) < 4.78 is 1.94. The van der Waals surface area contributed by atoms with E-state index in [1.54, 1.807) is 4.90 Å². The van der Waals surface area contributed by atoms with Gasteiger partial charge in [-0.15, -0.1) is 0 Å². The van der Waals surface area contributed by atoms with E-state index in [0.717, 1.165) is 23.4 Å². The Morgan fingerprint density at radius 1 is 1.25 bits per heavy atom. The van der Waals surface area contributed by atoms with Crippen LogP contribution in [0.4, 0.5) is 4.79 Å². The number of carbonyl (C=O) groups is 3. The first-order valence-electron chi connectivity index (χ1n) is 9.33. The van der Waals surface area contributed by atoms with E-state index in [4.69, 9.17) is 0 Å². The normalized spacial score (nSPS) is 20.9. The van der Waals surface area contributed by atoms with Crippen molar-refractivity contribution in [2.45, 2.75) is 39.3 Å². The molecule has 4 rings (SSSR count). The highest BCUT2D eigenvalue weighted by molar-refractivity contribution is 6.05. The molecule has 0 radical (unpaired) electrons. The van der Waals surface area contributed by atoms with Gasteiger partial charge in [0.05, 0.1) is 18.3 Å². The minimum absolute atomic E-state index is 0.0458. The Balaban J connectivity index is 1.59. The predicted molar refractivity (Wildman–Crippen MR) is 102 cm³/mol. The van der Waals surface area contributed by atoms with Crippen LogP contribution < -0.4 is 10.6 Å². The largest absolute Gasteiger partial charge is 0.338 e. The summed E-state index contributed by atoms with van der Waals surface area (Å²) in [5.74, 6) is -0.610. The summed E-state index contributed by atoms with van der Waals surface area (Å²) in [7, 11) is 0. The van der Waals surface area contributed by atoms with Gasteiger partial charge in [-0.3, -0.25) is 14.9 Å². The number of hydrogen-bond donors (Lipinski definition) is 2. The number of benzene rings is 1. The predicted octanol–water partition coefficient (Wildman–Crippen LogP) is 1.38. The maximum Gasteiger partial charge on any atom is 0.322 e. The lowest BCUT2D eigenvalue weighted by Gasteiger charge is -2.30. The summed E-state index contributed by atoms with van der Waals surface area (Å²) in [6.45, 7) is 5.24. The van der Waals surface area contributed by atoms with Gasteiger partial charge in [0.1, 0.15) is 6.04 Å². The summed E-state index contributed by atoms with van der Waals surface area (Å²) in [4.78, 5) is 37.7. The molecule has 4 amide bonds. The van der Waals surface area contributed by atoms with E-state index < -0.39 is 18.0 Å². The van der Waals surface area contributed by atoms with Gasteiger partial charge in [-0.25, -0.2) is 9.48 Å². The molecule has 8 heteroatoms. The molecule has 146 valence electrons. The molecule has 1 aromatic carbocycles. The highest BCUT2D eigenvalue weighted by atomic mass is 16.2. The van der Waals surface area contributed by atoms with Gasteiger partial charge in [0.2, 0.25) is 5.91 Å². The zero-order valence-electron chi connectivity index (χ0n) is 15.9. The molecule has 0 spiro atoms. The van der Waals surface area contributed by atoms with Gasteiger partial charge in [0.15, 0.2) is 0 Å². The number of urea groups is 1. The van der Waals surface area contributed by atoms with E-state index in [2.05, 4.69) is 29.6 Å². The van der Waals surface area contributed by atoms with E-state index in [9.17, 15) is 14.4 Å². The van der Waals surface area contributed by atoms with Gasteiger partial charge in [-0.2, -0.15) is 5.10 Å². The zero-order valence-corrected chi connectivity index (χ0v) is 15.9. The van der Waals surface area contributed by atoms with Crippen LogP contribution in [0.5, 0.6) is 0 Å². The molecule has 8 nitrogen and oxygen atoms in total. The van der Waals surface area contributed by atoms with Crippen molar-refractivity contribution in [2.75, 3.05) is 6.54 Å². The Hall–Kier alpha value is -3.16. The lowest BCUT2D eigenvalue weighted by Crippen LogP contribution is -2.41. The zero-order chi connectivity index (χ0) is 19.9. The number of imide groups is 1. The first kappa shape index (κ1) is 18.2. The Morgan fingerprint density at radius 2 is 2.00 bits per heavy atom. The Morgan fingerprint density at radius 3 is 2.68 bits per heavy atom. The second kappa shape index (κ2) is 6.78. The summed E-state index contributed by atoms with van der Waals surface area (Å²) in [6, 6.07) is 8.58. The third-order valence-electron chi connectivity index (χ3n) is 5.17. The van der Waals surface area contributed by atoms with Gasteiger partial charge in [-0.05, 0) is 24.0 Å². The molecule has 1 aromatic heterocycles. The minimum atomic E-state index is -0.808. The van der Waals surface area contributed by atoms with E-state index in [1.807, 2.05) is 41.2 Å². The molecule has 0 bridgehead atoms. The van der Waals surface area contributed by atoms with E-state index in [1.165, 1.54) is 0 Å². The second-order valence-corrected chi connectivity index (χ2v) is 8.17. The Labute approximate surface area is 162 Å². The van der Waals surface area contributed by atoms with Crippen molar-refractivity contribution in [2.24, 2.45) is 5.41 Å². The maximum atomic E-state index is 12.9. The molecule has 3 heterocycles. The van der Waals surface area contributed by atoms with Crippen molar-refractivity contribution < 1.29 is 14.4 Å². The number of amides is 4. The minimum Gasteiger partial charge on any atom is -0.338 e. The maximum absolute atomic E-state index is 12.9. The number of carbonyl (C=O) groups excluding carboxylic acids is 3. The van der Waals surface area contributed by atoms with Crippen molar-refractivity contribution in [3.63, 3.8) is 0 Å². The Kier molecular flexibility index (Phi) is 4.41. The average molecular weight is 381 g/mol. The smallest absolute Gasteiger partial charge is 0.322 e. The van der Waals surface area contributed by atoms with Crippen molar-refractivity contribution in [3.05, 3.63) is 47.8 Å². The van der Waals surface area contributed by atoms with Crippen LogP contribution in [0, 0.1) is 5.41 Å². The number of hydrogen-bond acceptors (Lipinski definition) is 4. The van der Waals surface area contributed by atoms with Crippen LogP contribution in [0.25, 0.3) is 5.69 Å². The van der Waals surface area contributed by atoms with Crippen LogP contribution >= 0.6 is 0 Å². The molecule has 2 aromatic rings. The number of para-hydroxylation sites is 1. The molecule has 0 aliphatic carbocycles. The molecular formula is C20H23N5O3. The summed E-state index contributed by atoms with van der Waals surface area (Å²) in [5.41, 5.74) is 2.93. The Bertz CT molecular complexity index is 935. The molecular weight excluding hydrogens is 358 g/mol. The van der Waals surface area contributed by atoms with Crippen molar-refractivity contribution in [1.29, 1.82) is 0 Å². The average Bonchev–Trinajstić information content (AvgIpc) is 3.12. The van der Waals surface area contributed by atoms with Gasteiger partial charge < -0.3 is 10.2 Å². The van der Waals surface area contributed by atoms with Crippen molar-refractivity contribution in [3.8, 4) is 5.69 Å². The lowest BCUT2D eigenvalue weighted by molar-refractivity contribution is -0.135. The van der Waals surface area contributed by atoms with Crippen LogP contribution in [0.15, 0.2) is 36.5 Å². The second-order valence-electron chi connectivity index (χ2n) is 8.17. The quantitative estimate of drug-likeness (QED) is 0.785. The van der Waals surface area contributed by atoms with Crippen LogP contribution in [-0.2, 0) is 22.6 Å². The highest BCUT2D eigenvalue weighted by Gasteiger charge is 2.36. The molecule has 1 fully saturated rings. The van der Waals surface area contributed by atoms with E-state index >= 15 is 0 Å². The van der Waals surface area contributed by atoms with Gasteiger partial charge in [0, 0.05) is 24.3 Å². The van der Waals surface area contributed by atoms with E-state index in [0.29, 0.717) is 13.1 Å². The third-order valence-corrected chi connectivity index (χ3v) is 5.17. The van der Waals surface area contributed by atoms with E-state index in [-0.39, 0.29) is 17.7 Å². The molecule has 2 aliphatic heterocycles. The first-order chi connectivity index (χ1) is 13.3. The van der Waals surface area contributed by atoms with Crippen molar-refractivity contribution >= 4 is 17.8 Å². The third kappa shape index (κ3) is 3.49. The van der Waals surface area contributed by atoms with Crippen LogP contribution in [-0.4, -0.2) is 45.1 Å². The fourth-order valence-electron chi connectivity index (χ4n) is 3.89. The molecule has 2 aliphatic rings. The number of rotatable bonds is 3. The molecule has 1 saturated heterocycles. The molecule has 0 unspecified atom stereocenters. The van der Waals surface area contributed by atoms with Gasteiger partial charge in [0.25, 0.3) is 5.91 Å². The number of nitrogens with one attached hydrogen (secondary N) is 2. The van der Waals surface area contributed by atoms with Crippen molar-refractivity contribution in [1.82, 2.24) is 25.3 Å². The first-order valence-corrected chi connectivity index (χ1v) is 9.33. The van der Waals surface area contributed by atoms with Crippen LogP contribution in [0.1, 0.15) is 31.5 Å². The fraction of sp³-hybridized carbons (Fsp3) is 0.400. The molecule has 0 saturated carbocycles. The number of nitrogens with zero attached hydrogens (tertiary/aromatic N) is 3. The number of aromatic nitrogens is 2. The lowest BCUT2D eigenvalue weighted by atomic mass is 9.87. The summed E-state index contributed by atoms with van der Waals surface area (Å²) >= 11 is 0. The highest BCUT2D eigenvalue weighted by Crippen LogP contribution is 2.31. The van der Waals surface area contributed by atoms with Crippen LogP contribution in [0.3, 0.4) is 0 Å². The molecule has 2 N–H and O–H groups in total. The standard InChI is InChI=1S/C20H23N5O3/c1-20(2)9-16-13(10-21-25(16)14-6-4-3-5-7-14)11-24(12-20)17(26)8-15-18(27)23-19(28)22-15/h3-7,10,15H,8-9,11-12H2,1-2H3,(H2,22,23,27,28)/t15-/m0/s1. The van der Waals surface area contributed by atoms with Crippen LogP contribution in [0.2, 0.25) is 0 Å². The monoisotopic (exact) mass is 381 g/mol. The summed E-state index contributed by atoms with van der Waals surface area (Å²) in [5, 5.41) is 9.21. The topological polar surface area (TPSA) is 96.3 Å². The molecule has 1 atom stereocenters. The fourth-order valence-corrected chi connectivity index (χ4v) is 3.89. The van der Waals surface area contributed by atoms with Gasteiger partial charge >= 0.3 is 6.03 Å². The number of fused-ring (bicyclic) bond motifs is 1. The van der Waals surface area contributed by atoms with Gasteiger partial charge in [-0.1, -0.05) is 32.0 Å². The molecule has 28 heavy (non-hydrogen) atoms.